The fourth-order valence-electron chi connectivity index (χ4n) is 2.19. The molecule has 10 heteroatoms. The van der Waals surface area contributed by atoms with Crippen LogP contribution in [0.1, 0.15) is 13.3 Å². The van der Waals surface area contributed by atoms with E-state index >= 15 is 0 Å². The summed E-state index contributed by atoms with van der Waals surface area (Å²) in [4.78, 5) is 22.1. The first kappa shape index (κ1) is 18.1. The van der Waals surface area contributed by atoms with Gasteiger partial charge < -0.3 is 10.1 Å². The zero-order valence-corrected chi connectivity index (χ0v) is 14.4. The minimum atomic E-state index is -3.77. The molecule has 2 atom stereocenters. The second kappa shape index (κ2) is 6.73. The van der Waals surface area contributed by atoms with E-state index < -0.39 is 32.8 Å². The molecule has 0 radical (unpaired) electrons. The Hall–Kier alpha value is -2.20. The molecule has 0 aliphatic heterocycles. The largest absolute Gasteiger partial charge is 0.492 e. The highest BCUT2D eigenvalue weighted by atomic mass is 32.2. The molecule has 132 valence electrons. The van der Waals surface area contributed by atoms with E-state index in [9.17, 15) is 23.3 Å². The van der Waals surface area contributed by atoms with Crippen LogP contribution >= 0.6 is 0 Å². The number of hydrogen-bond donors (Lipinski definition) is 1. The van der Waals surface area contributed by atoms with Crippen LogP contribution in [0.15, 0.2) is 23.1 Å². The summed E-state index contributed by atoms with van der Waals surface area (Å²) in [6.45, 7) is 2.01. The van der Waals surface area contributed by atoms with E-state index in [1.807, 2.05) is 0 Å². The van der Waals surface area contributed by atoms with Crippen LogP contribution in [-0.4, -0.2) is 50.3 Å². The quantitative estimate of drug-likeness (QED) is 0.573. The zero-order valence-electron chi connectivity index (χ0n) is 13.6. The van der Waals surface area contributed by atoms with Gasteiger partial charge in [-0.3, -0.25) is 14.9 Å². The van der Waals surface area contributed by atoms with Crippen LogP contribution in [0.3, 0.4) is 0 Å². The number of nitro groups is 1. The molecule has 0 aromatic heterocycles. The number of carbonyl (C=O) groups is 1. The average molecular weight is 357 g/mol. The lowest BCUT2D eigenvalue weighted by atomic mass is 10.2. The molecule has 9 nitrogen and oxygen atoms in total. The molecule has 1 aliphatic carbocycles. The van der Waals surface area contributed by atoms with Gasteiger partial charge in [-0.05, 0) is 25.1 Å². The normalized spacial score (nSPS) is 19.8. The van der Waals surface area contributed by atoms with Crippen LogP contribution in [0.25, 0.3) is 0 Å². The maximum Gasteiger partial charge on any atom is 0.246 e. The first-order valence-corrected chi connectivity index (χ1v) is 8.76. The molecule has 0 bridgehead atoms. The van der Waals surface area contributed by atoms with E-state index in [4.69, 9.17) is 4.74 Å². The molecule has 0 spiro atoms. The summed E-state index contributed by atoms with van der Waals surface area (Å²) in [7, 11) is -0.986. The molecule has 1 aromatic carbocycles. The van der Waals surface area contributed by atoms with Crippen molar-refractivity contribution in [3.63, 3.8) is 0 Å². The minimum Gasteiger partial charge on any atom is -0.492 e. The van der Waals surface area contributed by atoms with Crippen molar-refractivity contribution in [2.75, 3.05) is 26.0 Å². The summed E-state index contributed by atoms with van der Waals surface area (Å²) in [6.07, 6.45) is 0.193. The van der Waals surface area contributed by atoms with Crippen molar-refractivity contribution < 1.29 is 22.9 Å². The third kappa shape index (κ3) is 3.65. The molecule has 1 amide bonds. The van der Waals surface area contributed by atoms with Gasteiger partial charge in [-0.15, -0.1) is 0 Å². The summed E-state index contributed by atoms with van der Waals surface area (Å²) in [5.74, 6) is -0.992. The van der Waals surface area contributed by atoms with E-state index in [1.165, 1.54) is 32.3 Å². The van der Waals surface area contributed by atoms with Crippen molar-refractivity contribution in [3.8, 4) is 5.75 Å². The number of anilines is 1. The first-order chi connectivity index (χ1) is 11.2. The third-order valence-electron chi connectivity index (χ3n) is 3.63. The van der Waals surface area contributed by atoms with E-state index in [1.54, 1.807) is 6.92 Å². The molecule has 1 N–H and O–H groups in total. The van der Waals surface area contributed by atoms with E-state index in [-0.39, 0.29) is 29.4 Å². The summed E-state index contributed by atoms with van der Waals surface area (Å²) >= 11 is 0. The maximum absolute atomic E-state index is 12.4. The van der Waals surface area contributed by atoms with Gasteiger partial charge in [0.25, 0.3) is 0 Å². The SMILES string of the molecule is CCOc1ccc(NC(=O)C2CC2[N+](=O)[O-])cc1S(=O)(=O)N(C)C. The van der Waals surface area contributed by atoms with Gasteiger partial charge in [0.2, 0.25) is 22.0 Å². The van der Waals surface area contributed by atoms with E-state index in [0.717, 1.165) is 4.31 Å². The van der Waals surface area contributed by atoms with Gasteiger partial charge in [-0.2, -0.15) is 0 Å². The lowest BCUT2D eigenvalue weighted by Crippen LogP contribution is -2.23. The van der Waals surface area contributed by atoms with Gasteiger partial charge in [-0.25, -0.2) is 12.7 Å². The van der Waals surface area contributed by atoms with Gasteiger partial charge in [0, 0.05) is 31.1 Å². The lowest BCUT2D eigenvalue weighted by molar-refractivity contribution is -0.497. The Morgan fingerprint density at radius 2 is 2.12 bits per heavy atom. The predicted octanol–water partition coefficient (Wildman–Crippen LogP) is 0.939. The molecule has 1 aliphatic rings. The van der Waals surface area contributed by atoms with Crippen molar-refractivity contribution in [1.82, 2.24) is 4.31 Å². The fraction of sp³-hybridized carbons (Fsp3) is 0.500. The van der Waals surface area contributed by atoms with Crippen molar-refractivity contribution in [1.29, 1.82) is 0 Å². The molecular weight excluding hydrogens is 338 g/mol. The van der Waals surface area contributed by atoms with Crippen molar-refractivity contribution in [2.45, 2.75) is 24.3 Å². The Bertz CT molecular complexity index is 762. The van der Waals surface area contributed by atoms with Crippen LogP contribution in [0, 0.1) is 16.0 Å². The van der Waals surface area contributed by atoms with Gasteiger partial charge in [0.1, 0.15) is 16.6 Å². The monoisotopic (exact) mass is 357 g/mol. The predicted molar refractivity (Wildman–Crippen MR) is 86.0 cm³/mol. The third-order valence-corrected chi connectivity index (χ3v) is 5.47. The van der Waals surface area contributed by atoms with E-state index in [0.29, 0.717) is 0 Å². The Labute approximate surface area is 139 Å². The number of sulfonamides is 1. The number of nitrogens with zero attached hydrogens (tertiary/aromatic N) is 2. The molecule has 24 heavy (non-hydrogen) atoms. The Kier molecular flexibility index (Phi) is 5.09. The number of benzene rings is 1. The average Bonchev–Trinajstić information content (AvgIpc) is 3.29. The van der Waals surface area contributed by atoms with Crippen LogP contribution in [0.4, 0.5) is 5.69 Å². The van der Waals surface area contributed by atoms with Crippen LogP contribution in [0.2, 0.25) is 0 Å². The summed E-state index contributed by atoms with van der Waals surface area (Å²) in [6, 6.07) is 3.38. The van der Waals surface area contributed by atoms with Gasteiger partial charge in [0.05, 0.1) is 6.61 Å². The molecular formula is C14H19N3O6S. The molecule has 1 saturated carbocycles. The second-order valence-electron chi connectivity index (χ2n) is 5.57. The number of rotatable bonds is 7. The number of carbonyl (C=O) groups excluding carboxylic acids is 1. The highest BCUT2D eigenvalue weighted by Crippen LogP contribution is 2.35. The summed E-state index contributed by atoms with van der Waals surface area (Å²) in [5.41, 5.74) is 0.248. The topological polar surface area (TPSA) is 119 Å². The number of hydrogen-bond acceptors (Lipinski definition) is 6. The van der Waals surface area contributed by atoms with Gasteiger partial charge in [0.15, 0.2) is 0 Å². The lowest BCUT2D eigenvalue weighted by Gasteiger charge is -2.16. The van der Waals surface area contributed by atoms with Crippen LogP contribution in [0.5, 0.6) is 5.75 Å². The Morgan fingerprint density at radius 3 is 2.62 bits per heavy atom. The van der Waals surface area contributed by atoms with Crippen LogP contribution in [-0.2, 0) is 14.8 Å². The van der Waals surface area contributed by atoms with Crippen molar-refractivity contribution in [2.24, 2.45) is 5.92 Å². The van der Waals surface area contributed by atoms with E-state index in [2.05, 4.69) is 5.32 Å². The number of amides is 1. The highest BCUT2D eigenvalue weighted by Gasteiger charge is 2.53. The zero-order chi connectivity index (χ0) is 18.1. The smallest absolute Gasteiger partial charge is 0.246 e. The van der Waals surface area contributed by atoms with Crippen LogP contribution < -0.4 is 10.1 Å². The van der Waals surface area contributed by atoms with Crippen molar-refractivity contribution >= 4 is 21.6 Å². The molecule has 2 rings (SSSR count). The Morgan fingerprint density at radius 1 is 1.46 bits per heavy atom. The second-order valence-corrected chi connectivity index (χ2v) is 7.69. The fourth-order valence-corrected chi connectivity index (χ4v) is 3.24. The maximum atomic E-state index is 12.4. The first-order valence-electron chi connectivity index (χ1n) is 7.32. The number of ether oxygens (including phenoxy) is 1. The standard InChI is InChI=1S/C14H19N3O6S/c1-4-23-12-6-5-9(7-13(12)24(21,22)16(2)3)15-14(18)10-8-11(10)17(19)20/h5-7,10-11H,4,8H2,1-3H3,(H,15,18). The summed E-state index contributed by atoms with van der Waals surface area (Å²) < 4.78 is 31.2. The molecule has 2 unspecified atom stereocenters. The molecule has 0 heterocycles. The molecule has 1 aromatic rings. The van der Waals surface area contributed by atoms with Gasteiger partial charge in [-0.1, -0.05) is 0 Å². The number of nitrogens with one attached hydrogen (secondary N) is 1. The van der Waals surface area contributed by atoms with Gasteiger partial charge >= 0.3 is 0 Å². The summed E-state index contributed by atoms with van der Waals surface area (Å²) in [5, 5.41) is 13.2. The molecule has 0 saturated heterocycles. The van der Waals surface area contributed by atoms with Crippen molar-refractivity contribution in [3.05, 3.63) is 28.3 Å². The highest BCUT2D eigenvalue weighted by molar-refractivity contribution is 7.89. The molecule has 1 fully saturated rings. The minimum absolute atomic E-state index is 0.0752. The Balaban J connectivity index is 2.27.